The van der Waals surface area contributed by atoms with Crippen molar-refractivity contribution < 1.29 is 20.1 Å². The Morgan fingerprint density at radius 1 is 1.22 bits per heavy atom. The molecule has 5 N–H and O–H groups in total. The minimum atomic E-state index is -1.52. The zero-order chi connectivity index (χ0) is 16.4. The van der Waals surface area contributed by atoms with Gasteiger partial charge in [-0.15, -0.1) is 0 Å². The molecule has 0 spiro atoms. The van der Waals surface area contributed by atoms with Crippen LogP contribution >= 0.6 is 0 Å². The van der Waals surface area contributed by atoms with Gasteiger partial charge in [0.25, 0.3) is 0 Å². The number of hydrogen-bond donors (Lipinski definition) is 4. The first-order valence-corrected chi connectivity index (χ1v) is 7.20. The molecule has 0 saturated carbocycles. The van der Waals surface area contributed by atoms with Gasteiger partial charge in [-0.05, 0) is 41.3 Å². The van der Waals surface area contributed by atoms with E-state index in [-0.39, 0.29) is 29.4 Å². The highest BCUT2D eigenvalue weighted by molar-refractivity contribution is 5.65. The number of phenols is 2. The molecule has 2 aliphatic rings. The molecule has 23 heavy (non-hydrogen) atoms. The van der Waals surface area contributed by atoms with Crippen LogP contribution in [0.1, 0.15) is 28.2 Å². The molecule has 2 atom stereocenters. The number of rotatable bonds is 0. The van der Waals surface area contributed by atoms with Crippen LogP contribution < -0.4 is 10.5 Å². The number of nitrogen functional groups attached to an aromatic ring is 1. The molecule has 1 heterocycles. The molecule has 6 heteroatoms. The molecule has 0 aromatic heterocycles. The van der Waals surface area contributed by atoms with Gasteiger partial charge in [0.15, 0.2) is 11.5 Å². The quantitative estimate of drug-likeness (QED) is 0.432. The van der Waals surface area contributed by atoms with Crippen molar-refractivity contribution in [3.8, 4) is 23.3 Å². The van der Waals surface area contributed by atoms with Crippen LogP contribution in [0.25, 0.3) is 0 Å². The topological polar surface area (TPSA) is 120 Å². The monoisotopic (exact) mass is 310 g/mol. The van der Waals surface area contributed by atoms with E-state index in [4.69, 9.17) is 10.5 Å². The number of ether oxygens (including phenoxy) is 1. The summed E-state index contributed by atoms with van der Waals surface area (Å²) in [6.45, 7) is 0. The normalized spacial score (nSPS) is 24.1. The van der Waals surface area contributed by atoms with Crippen LogP contribution in [0.2, 0.25) is 0 Å². The Balaban J connectivity index is 1.86. The molecule has 2 aromatic carbocycles. The number of aliphatic hydroxyl groups is 1. The first-order valence-electron chi connectivity index (χ1n) is 7.20. The van der Waals surface area contributed by atoms with Crippen molar-refractivity contribution in [3.05, 3.63) is 46.5 Å². The van der Waals surface area contributed by atoms with E-state index < -0.39 is 5.79 Å². The minimum absolute atomic E-state index is 0.167. The van der Waals surface area contributed by atoms with Gasteiger partial charge in [0.05, 0.1) is 11.6 Å². The van der Waals surface area contributed by atoms with Crippen molar-refractivity contribution in [2.75, 3.05) is 5.73 Å². The number of nitrogens with two attached hydrogens (primary N) is 1. The summed E-state index contributed by atoms with van der Waals surface area (Å²) in [5, 5.41) is 39.6. The molecule has 1 aliphatic heterocycles. The van der Waals surface area contributed by atoms with Gasteiger partial charge in [0, 0.05) is 6.42 Å². The van der Waals surface area contributed by atoms with E-state index in [0.717, 1.165) is 11.1 Å². The van der Waals surface area contributed by atoms with Crippen molar-refractivity contribution >= 4 is 5.69 Å². The standard InChI is InChI=1S/C17H14N2O4/c18-7-11-13(19)2-1-8-3-12-10-5-15(21)14(20)4-9(10)6-17(12,22)23-16(8)11/h1-2,4-5,12,20-22H,3,6,19H2. The van der Waals surface area contributed by atoms with Crippen molar-refractivity contribution in [1.82, 2.24) is 0 Å². The van der Waals surface area contributed by atoms with E-state index in [2.05, 4.69) is 0 Å². The van der Waals surface area contributed by atoms with Gasteiger partial charge in [-0.2, -0.15) is 5.26 Å². The predicted octanol–water partition coefficient (Wildman–Crippen LogP) is 1.52. The lowest BCUT2D eigenvalue weighted by atomic mass is 9.86. The lowest BCUT2D eigenvalue weighted by molar-refractivity contribution is -0.155. The van der Waals surface area contributed by atoms with E-state index >= 15 is 0 Å². The predicted molar refractivity (Wildman–Crippen MR) is 81.1 cm³/mol. The molecule has 0 saturated heterocycles. The van der Waals surface area contributed by atoms with Crippen LogP contribution in [0.5, 0.6) is 17.2 Å². The van der Waals surface area contributed by atoms with Gasteiger partial charge in [-0.1, -0.05) is 6.07 Å². The summed E-state index contributed by atoms with van der Waals surface area (Å²) in [5.41, 5.74) is 8.57. The third-order valence-corrected chi connectivity index (χ3v) is 4.69. The Morgan fingerprint density at radius 3 is 2.70 bits per heavy atom. The van der Waals surface area contributed by atoms with Gasteiger partial charge >= 0.3 is 0 Å². The summed E-state index contributed by atoms with van der Waals surface area (Å²) in [6, 6.07) is 8.35. The summed E-state index contributed by atoms with van der Waals surface area (Å²) in [4.78, 5) is 0. The number of nitrogens with zero attached hydrogens (tertiary/aromatic N) is 1. The molecular weight excluding hydrogens is 296 g/mol. The minimum Gasteiger partial charge on any atom is -0.504 e. The molecule has 4 rings (SSSR count). The average Bonchev–Trinajstić information content (AvgIpc) is 2.76. The van der Waals surface area contributed by atoms with Crippen molar-refractivity contribution in [3.63, 3.8) is 0 Å². The molecule has 0 amide bonds. The number of fused-ring (bicyclic) bond motifs is 4. The highest BCUT2D eigenvalue weighted by atomic mass is 16.6. The van der Waals surface area contributed by atoms with Crippen LogP contribution in [0.3, 0.4) is 0 Å². The lowest BCUT2D eigenvalue weighted by Gasteiger charge is -2.37. The molecule has 1 aliphatic carbocycles. The molecule has 6 nitrogen and oxygen atoms in total. The van der Waals surface area contributed by atoms with Gasteiger partial charge in [-0.3, -0.25) is 0 Å². The fourth-order valence-electron chi connectivity index (χ4n) is 3.56. The molecule has 2 unspecified atom stereocenters. The molecule has 116 valence electrons. The zero-order valence-electron chi connectivity index (χ0n) is 12.1. The fourth-order valence-corrected chi connectivity index (χ4v) is 3.56. The smallest absolute Gasteiger partial charge is 0.219 e. The number of aromatic hydroxyl groups is 2. The average molecular weight is 310 g/mol. The second-order valence-corrected chi connectivity index (χ2v) is 6.05. The summed E-state index contributed by atoms with van der Waals surface area (Å²) in [7, 11) is 0. The van der Waals surface area contributed by atoms with E-state index in [9.17, 15) is 20.6 Å². The molecule has 2 aromatic rings. The third kappa shape index (κ3) is 1.77. The number of phenolic OH excluding ortho intramolecular Hbond substituents is 2. The molecule has 0 fully saturated rings. The number of benzene rings is 2. The first kappa shape index (κ1) is 13.7. The number of nitriles is 1. The van der Waals surface area contributed by atoms with Gasteiger partial charge in [0.2, 0.25) is 5.79 Å². The number of hydrogen-bond acceptors (Lipinski definition) is 6. The molecular formula is C17H14N2O4. The maximum Gasteiger partial charge on any atom is 0.219 e. The van der Waals surface area contributed by atoms with Crippen LogP contribution in [0.4, 0.5) is 5.69 Å². The Labute approximate surface area is 132 Å². The molecule has 0 bridgehead atoms. The summed E-state index contributed by atoms with van der Waals surface area (Å²) in [6.07, 6.45) is 0.623. The second kappa shape index (κ2) is 4.31. The SMILES string of the molecule is N#Cc1c(N)ccc2c1OC1(O)Cc3cc(O)c(O)cc3C1C2. The van der Waals surface area contributed by atoms with Crippen molar-refractivity contribution in [2.45, 2.75) is 24.5 Å². The van der Waals surface area contributed by atoms with Crippen LogP contribution in [-0.2, 0) is 12.8 Å². The first-order chi connectivity index (χ1) is 10.9. The van der Waals surface area contributed by atoms with Gasteiger partial charge < -0.3 is 25.8 Å². The van der Waals surface area contributed by atoms with Crippen LogP contribution in [-0.4, -0.2) is 21.1 Å². The number of anilines is 1. The van der Waals surface area contributed by atoms with Crippen molar-refractivity contribution in [2.24, 2.45) is 0 Å². The lowest BCUT2D eigenvalue weighted by Crippen LogP contribution is -2.44. The Kier molecular flexibility index (Phi) is 2.57. The van der Waals surface area contributed by atoms with Crippen molar-refractivity contribution in [1.29, 1.82) is 5.26 Å². The Morgan fingerprint density at radius 2 is 1.96 bits per heavy atom. The largest absolute Gasteiger partial charge is 0.504 e. The van der Waals surface area contributed by atoms with E-state index in [1.165, 1.54) is 12.1 Å². The maximum atomic E-state index is 10.9. The van der Waals surface area contributed by atoms with Crippen LogP contribution in [0.15, 0.2) is 24.3 Å². The Hall–Kier alpha value is -2.91. The summed E-state index contributed by atoms with van der Waals surface area (Å²) < 4.78 is 5.80. The van der Waals surface area contributed by atoms with Gasteiger partial charge in [0.1, 0.15) is 17.4 Å². The highest BCUT2D eigenvalue weighted by Crippen LogP contribution is 2.51. The summed E-state index contributed by atoms with van der Waals surface area (Å²) >= 11 is 0. The van der Waals surface area contributed by atoms with E-state index in [1.54, 1.807) is 12.1 Å². The third-order valence-electron chi connectivity index (χ3n) is 4.69. The highest BCUT2D eigenvalue weighted by Gasteiger charge is 2.51. The van der Waals surface area contributed by atoms with E-state index in [1.807, 2.05) is 6.07 Å². The zero-order valence-corrected chi connectivity index (χ0v) is 12.1. The molecule has 0 radical (unpaired) electrons. The van der Waals surface area contributed by atoms with Gasteiger partial charge in [-0.25, -0.2) is 0 Å². The van der Waals surface area contributed by atoms with E-state index in [0.29, 0.717) is 23.4 Å². The fraction of sp³-hybridized carbons (Fsp3) is 0.235. The summed E-state index contributed by atoms with van der Waals surface area (Å²) in [5.74, 6) is -2.05. The van der Waals surface area contributed by atoms with Crippen LogP contribution in [0, 0.1) is 11.3 Å². The second-order valence-electron chi connectivity index (χ2n) is 6.05. The Bertz CT molecular complexity index is 887. The maximum absolute atomic E-state index is 10.9.